The molecular weight excluding hydrogens is 644 g/mol. The van der Waals surface area contributed by atoms with Gasteiger partial charge in [-0.3, -0.25) is 23.6 Å². The lowest BCUT2D eigenvalue weighted by molar-refractivity contribution is -0.121. The van der Waals surface area contributed by atoms with E-state index in [-0.39, 0.29) is 28.5 Å². The molecule has 3 aromatic heterocycles. The van der Waals surface area contributed by atoms with Gasteiger partial charge in [0.1, 0.15) is 17.5 Å². The number of halogens is 1. The number of likely N-dealkylation sites (tertiary alicyclic amines) is 1. The lowest BCUT2D eigenvalue weighted by atomic mass is 9.86. The maximum Gasteiger partial charge on any atom is 0.332 e. The largest absolute Gasteiger partial charge is 0.481 e. The van der Waals surface area contributed by atoms with Crippen molar-refractivity contribution in [2.45, 2.75) is 44.2 Å². The lowest BCUT2D eigenvalue weighted by Gasteiger charge is -2.50. The van der Waals surface area contributed by atoms with Gasteiger partial charge in [-0.05, 0) is 55.0 Å². The summed E-state index contributed by atoms with van der Waals surface area (Å²) in [5.74, 6) is 1.06. The van der Waals surface area contributed by atoms with E-state index in [1.807, 2.05) is 43.3 Å². The Labute approximate surface area is 286 Å². The van der Waals surface area contributed by atoms with Crippen LogP contribution in [0.3, 0.4) is 0 Å². The molecule has 2 N–H and O–H groups in total. The van der Waals surface area contributed by atoms with Crippen molar-refractivity contribution in [1.82, 2.24) is 34.3 Å². The first-order valence-electron chi connectivity index (χ1n) is 16.3. The standard InChI is InChI=1S/C36H35ClN8O4/c1-19-21(7-6-10-24(19)40-31-29-32(39-18-38-31)43(2)35(48)44(3)34(29)47)22-8-5-9-23(30(22)37)25-15-20-11-12-26(28(20)33(41-25)49-4)45-16-36(17-45)14-13-27(46)42-36/h5-10,15,18,26H,11-14,16-17H2,1-4H3,(H,42,46)(H,38,39,40). The molecule has 49 heavy (non-hydrogen) atoms. The molecule has 8 rings (SSSR count). The Morgan fingerprint density at radius 1 is 1.00 bits per heavy atom. The molecule has 1 unspecified atom stereocenters. The molecular formula is C36H35ClN8O4. The van der Waals surface area contributed by atoms with E-state index in [2.05, 4.69) is 31.6 Å². The van der Waals surface area contributed by atoms with Crippen LogP contribution in [0, 0.1) is 6.92 Å². The molecule has 5 aromatic rings. The van der Waals surface area contributed by atoms with Crippen LogP contribution in [0.1, 0.15) is 42.0 Å². The zero-order valence-electron chi connectivity index (χ0n) is 27.6. The molecule has 3 aliphatic rings. The minimum absolute atomic E-state index is 0.0845. The third kappa shape index (κ3) is 4.92. The van der Waals surface area contributed by atoms with E-state index < -0.39 is 11.2 Å². The van der Waals surface area contributed by atoms with Gasteiger partial charge in [0.05, 0.1) is 23.4 Å². The fourth-order valence-corrected chi connectivity index (χ4v) is 8.15. The molecule has 2 fully saturated rings. The van der Waals surface area contributed by atoms with Crippen molar-refractivity contribution in [2.75, 3.05) is 25.5 Å². The van der Waals surface area contributed by atoms with Gasteiger partial charge in [0, 0.05) is 62.0 Å². The Morgan fingerprint density at radius 2 is 1.76 bits per heavy atom. The average molecular weight is 679 g/mol. The Kier molecular flexibility index (Phi) is 7.34. The number of nitrogens with one attached hydrogen (secondary N) is 2. The summed E-state index contributed by atoms with van der Waals surface area (Å²) in [4.78, 5) is 53.5. The van der Waals surface area contributed by atoms with Crippen molar-refractivity contribution in [3.05, 3.63) is 91.3 Å². The van der Waals surface area contributed by atoms with Gasteiger partial charge in [-0.2, -0.15) is 0 Å². The second-order valence-corrected chi connectivity index (χ2v) is 13.7. The molecule has 12 nitrogen and oxygen atoms in total. The fraction of sp³-hybridized carbons (Fsp3) is 0.333. The predicted molar refractivity (Wildman–Crippen MR) is 187 cm³/mol. The Morgan fingerprint density at radius 3 is 2.51 bits per heavy atom. The van der Waals surface area contributed by atoms with E-state index in [0.717, 1.165) is 76.1 Å². The van der Waals surface area contributed by atoms with Crippen LogP contribution < -0.4 is 26.6 Å². The number of aryl methyl sites for hydroxylation is 2. The maximum atomic E-state index is 13.1. The van der Waals surface area contributed by atoms with Crippen LogP contribution in [-0.4, -0.2) is 60.6 Å². The molecule has 5 heterocycles. The van der Waals surface area contributed by atoms with Crippen LogP contribution in [0.25, 0.3) is 33.4 Å². The predicted octanol–water partition coefficient (Wildman–Crippen LogP) is 4.42. The Balaban J connectivity index is 1.13. The molecule has 1 aliphatic carbocycles. The van der Waals surface area contributed by atoms with Crippen LogP contribution in [0.15, 0.2) is 58.4 Å². The summed E-state index contributed by atoms with van der Waals surface area (Å²) in [6.07, 6.45) is 4.70. The van der Waals surface area contributed by atoms with Crippen LogP contribution >= 0.6 is 11.6 Å². The maximum absolute atomic E-state index is 13.1. The molecule has 2 aromatic carbocycles. The van der Waals surface area contributed by atoms with Gasteiger partial charge in [-0.15, -0.1) is 0 Å². The SMILES string of the molecule is COc1nc(-c2cccc(-c3cccc(Nc4ncnc5c4c(=O)n(C)c(=O)n5C)c3C)c2Cl)cc2c1C(N1CC3(CCC(=O)N3)C1)CC2. The Bertz CT molecular complexity index is 2330. The number of hydrogen-bond donors (Lipinski definition) is 2. The number of rotatable bonds is 6. The summed E-state index contributed by atoms with van der Waals surface area (Å²) in [5.41, 5.74) is 6.42. The third-order valence-corrected chi connectivity index (χ3v) is 10.8. The number of pyridine rings is 1. The normalized spacial score (nSPS) is 18.1. The van der Waals surface area contributed by atoms with Crippen molar-refractivity contribution in [2.24, 2.45) is 14.1 Å². The number of amides is 1. The molecule has 2 saturated heterocycles. The van der Waals surface area contributed by atoms with Crippen molar-refractivity contribution in [1.29, 1.82) is 0 Å². The summed E-state index contributed by atoms with van der Waals surface area (Å²) in [6.45, 7) is 3.67. The van der Waals surface area contributed by atoms with Gasteiger partial charge in [-0.25, -0.2) is 19.7 Å². The first-order chi connectivity index (χ1) is 23.6. The molecule has 0 radical (unpaired) electrons. The van der Waals surface area contributed by atoms with E-state index in [0.29, 0.717) is 23.1 Å². The van der Waals surface area contributed by atoms with E-state index >= 15 is 0 Å². The van der Waals surface area contributed by atoms with Crippen LogP contribution in [0.5, 0.6) is 5.88 Å². The zero-order valence-corrected chi connectivity index (χ0v) is 28.4. The molecule has 250 valence electrons. The summed E-state index contributed by atoms with van der Waals surface area (Å²) in [6, 6.07) is 14.1. The first-order valence-corrected chi connectivity index (χ1v) is 16.7. The monoisotopic (exact) mass is 678 g/mol. The van der Waals surface area contributed by atoms with E-state index in [9.17, 15) is 14.4 Å². The van der Waals surface area contributed by atoms with Crippen LogP contribution in [0.4, 0.5) is 11.5 Å². The highest BCUT2D eigenvalue weighted by Crippen LogP contribution is 2.47. The molecule has 0 bridgehead atoms. The van der Waals surface area contributed by atoms with Crippen molar-refractivity contribution in [3.63, 3.8) is 0 Å². The van der Waals surface area contributed by atoms with Crippen LogP contribution in [0.2, 0.25) is 5.02 Å². The van der Waals surface area contributed by atoms with E-state index in [1.165, 1.54) is 23.5 Å². The molecule has 2 aliphatic heterocycles. The summed E-state index contributed by atoms with van der Waals surface area (Å²) in [7, 11) is 4.67. The first kappa shape index (κ1) is 31.2. The number of methoxy groups -OCH3 is 1. The second-order valence-electron chi connectivity index (χ2n) is 13.3. The van der Waals surface area contributed by atoms with Gasteiger partial charge in [0.2, 0.25) is 11.8 Å². The number of carbonyl (C=O) groups is 1. The van der Waals surface area contributed by atoms with Crippen molar-refractivity contribution < 1.29 is 9.53 Å². The highest BCUT2D eigenvalue weighted by molar-refractivity contribution is 6.36. The van der Waals surface area contributed by atoms with Gasteiger partial charge in [0.15, 0.2) is 5.65 Å². The van der Waals surface area contributed by atoms with Gasteiger partial charge >= 0.3 is 5.69 Å². The smallest absolute Gasteiger partial charge is 0.332 e. The van der Waals surface area contributed by atoms with Crippen molar-refractivity contribution in [3.8, 4) is 28.3 Å². The van der Waals surface area contributed by atoms with Gasteiger partial charge < -0.3 is 15.4 Å². The molecule has 1 amide bonds. The van der Waals surface area contributed by atoms with Gasteiger partial charge in [-0.1, -0.05) is 41.9 Å². The van der Waals surface area contributed by atoms with Crippen LogP contribution in [-0.2, 0) is 25.3 Å². The fourth-order valence-electron chi connectivity index (χ4n) is 7.82. The van der Waals surface area contributed by atoms with E-state index in [1.54, 1.807) is 14.2 Å². The minimum Gasteiger partial charge on any atom is -0.481 e. The molecule has 13 heteroatoms. The number of hydrogen-bond acceptors (Lipinski definition) is 9. The number of aromatic nitrogens is 5. The van der Waals surface area contributed by atoms with Gasteiger partial charge in [0.25, 0.3) is 5.56 Å². The van der Waals surface area contributed by atoms with Crippen molar-refractivity contribution >= 4 is 40.0 Å². The summed E-state index contributed by atoms with van der Waals surface area (Å²) >= 11 is 7.21. The summed E-state index contributed by atoms with van der Waals surface area (Å²) in [5, 5.41) is 7.28. The zero-order chi connectivity index (χ0) is 34.2. The van der Waals surface area contributed by atoms with E-state index in [4.69, 9.17) is 21.3 Å². The molecule has 1 atom stereocenters. The number of anilines is 2. The quantitative estimate of drug-likeness (QED) is 0.268. The number of nitrogens with zero attached hydrogens (tertiary/aromatic N) is 6. The highest BCUT2D eigenvalue weighted by atomic mass is 35.5. The number of carbonyl (C=O) groups excluding carboxylic acids is 1. The minimum atomic E-state index is -0.481. The molecule has 1 spiro atoms. The Hall–Kier alpha value is -5.07. The lowest BCUT2D eigenvalue weighted by Crippen LogP contribution is -2.67. The second kappa shape index (κ2) is 11.5. The number of ether oxygens (including phenoxy) is 1. The number of benzene rings is 2. The third-order valence-electron chi connectivity index (χ3n) is 10.4. The topological polar surface area (TPSA) is 136 Å². The average Bonchev–Trinajstić information content (AvgIpc) is 3.70. The molecule has 0 saturated carbocycles. The highest BCUT2D eigenvalue weighted by Gasteiger charge is 2.51. The summed E-state index contributed by atoms with van der Waals surface area (Å²) < 4.78 is 8.27. The number of fused-ring (bicyclic) bond motifs is 2.